The fourth-order valence-electron chi connectivity index (χ4n) is 1.71. The Kier molecular flexibility index (Phi) is 5.21. The molecule has 0 fully saturated rings. The minimum atomic E-state index is 0. The SMILES string of the molecule is C=C1C(C)=C[C-]=C(c2ccc(O)cc2Cl)N1C.[Y]. The van der Waals surface area contributed by atoms with Crippen LogP contribution in [0.15, 0.2) is 42.1 Å². The molecule has 1 N–H and O–H groups in total. The van der Waals surface area contributed by atoms with E-state index in [1.807, 2.05) is 24.9 Å². The molecule has 1 radical (unpaired) electrons. The fraction of sp³-hybridized carbons (Fsp3) is 0.143. The summed E-state index contributed by atoms with van der Waals surface area (Å²) in [6.07, 6.45) is 5.07. The van der Waals surface area contributed by atoms with E-state index in [-0.39, 0.29) is 38.5 Å². The van der Waals surface area contributed by atoms with Crippen LogP contribution in [0.25, 0.3) is 5.70 Å². The van der Waals surface area contributed by atoms with E-state index in [9.17, 15) is 5.11 Å². The largest absolute Gasteiger partial charge is 0.508 e. The van der Waals surface area contributed by atoms with E-state index >= 15 is 0 Å². The van der Waals surface area contributed by atoms with Crippen LogP contribution in [0.4, 0.5) is 0 Å². The molecule has 0 saturated heterocycles. The van der Waals surface area contributed by atoms with Gasteiger partial charge in [-0.05, 0) is 22.9 Å². The summed E-state index contributed by atoms with van der Waals surface area (Å²) in [7, 11) is 1.92. The van der Waals surface area contributed by atoms with Gasteiger partial charge in [0.2, 0.25) is 0 Å². The Morgan fingerprint density at radius 2 is 2.06 bits per heavy atom. The molecule has 1 aromatic carbocycles. The number of allylic oxidation sites excluding steroid dienone is 3. The molecular weight excluding hydrogens is 323 g/mol. The van der Waals surface area contributed by atoms with Gasteiger partial charge < -0.3 is 10.0 Å². The number of likely N-dealkylation sites (N-methyl/N-ethyl adjacent to an activating group) is 1. The summed E-state index contributed by atoms with van der Waals surface area (Å²) in [5.74, 6) is 0.156. The number of hydrogen-bond donors (Lipinski definition) is 1. The molecule has 2 nitrogen and oxygen atoms in total. The molecule has 0 aliphatic carbocycles. The zero-order chi connectivity index (χ0) is 12.6. The summed E-state index contributed by atoms with van der Waals surface area (Å²) in [6, 6.07) is 4.91. The smallest absolute Gasteiger partial charge is 0.114 e. The van der Waals surface area contributed by atoms with Crippen LogP contribution in [0.3, 0.4) is 0 Å². The van der Waals surface area contributed by atoms with Crippen molar-refractivity contribution in [2.45, 2.75) is 6.92 Å². The second-order valence-electron chi connectivity index (χ2n) is 3.99. The van der Waals surface area contributed by atoms with Crippen LogP contribution >= 0.6 is 11.6 Å². The molecule has 0 unspecified atom stereocenters. The summed E-state index contributed by atoms with van der Waals surface area (Å²) >= 11 is 6.11. The van der Waals surface area contributed by atoms with Crippen molar-refractivity contribution in [3.05, 3.63) is 58.8 Å². The van der Waals surface area contributed by atoms with E-state index in [1.165, 1.54) is 6.07 Å². The number of hydrogen-bond acceptors (Lipinski definition) is 2. The number of halogens is 1. The summed E-state index contributed by atoms with van der Waals surface area (Å²) < 4.78 is 0. The van der Waals surface area contributed by atoms with Gasteiger partial charge in [0.1, 0.15) is 5.75 Å². The average Bonchev–Trinajstić information content (AvgIpc) is 2.28. The van der Waals surface area contributed by atoms with Crippen LogP contribution in [-0.4, -0.2) is 17.1 Å². The number of phenolic OH excluding ortho intramolecular Hbond substituents is 1. The summed E-state index contributed by atoms with van der Waals surface area (Å²) in [6.45, 7) is 5.99. The Bertz CT molecular complexity index is 549. The predicted octanol–water partition coefficient (Wildman–Crippen LogP) is 3.59. The van der Waals surface area contributed by atoms with Gasteiger partial charge in [0.25, 0.3) is 0 Å². The molecule has 1 aliphatic heterocycles. The molecule has 1 aliphatic rings. The van der Waals surface area contributed by atoms with Gasteiger partial charge in [-0.2, -0.15) is 12.2 Å². The fourth-order valence-corrected chi connectivity index (χ4v) is 1.98. The van der Waals surface area contributed by atoms with Gasteiger partial charge in [0, 0.05) is 39.8 Å². The Labute approximate surface area is 138 Å². The minimum Gasteiger partial charge on any atom is -0.508 e. The van der Waals surface area contributed by atoms with Crippen LogP contribution in [-0.2, 0) is 32.7 Å². The van der Waals surface area contributed by atoms with Gasteiger partial charge in [-0.3, -0.25) is 0 Å². The Morgan fingerprint density at radius 1 is 1.39 bits per heavy atom. The van der Waals surface area contributed by atoms with Crippen LogP contribution in [0, 0.1) is 6.08 Å². The average molecular weight is 336 g/mol. The van der Waals surface area contributed by atoms with E-state index in [4.69, 9.17) is 11.6 Å². The zero-order valence-corrected chi connectivity index (χ0v) is 14.0. The van der Waals surface area contributed by atoms with Crippen LogP contribution in [0.1, 0.15) is 12.5 Å². The second kappa shape index (κ2) is 6.05. The van der Waals surface area contributed by atoms with Crippen molar-refractivity contribution in [3.63, 3.8) is 0 Å². The van der Waals surface area contributed by atoms with E-state index in [2.05, 4.69) is 12.7 Å². The normalized spacial score (nSPS) is 14.8. The first-order valence-electron chi connectivity index (χ1n) is 5.23. The Morgan fingerprint density at radius 3 is 2.67 bits per heavy atom. The molecule has 0 atom stereocenters. The first kappa shape index (κ1) is 15.5. The third-order valence-corrected chi connectivity index (χ3v) is 3.14. The molecule has 1 heterocycles. The zero-order valence-electron chi connectivity index (χ0n) is 10.4. The Balaban J connectivity index is 0.00000162. The first-order valence-corrected chi connectivity index (χ1v) is 5.60. The van der Waals surface area contributed by atoms with Gasteiger partial charge in [-0.15, -0.1) is 11.6 Å². The summed E-state index contributed by atoms with van der Waals surface area (Å²) in [5.41, 5.74) is 3.68. The van der Waals surface area contributed by atoms with Gasteiger partial charge in [0.15, 0.2) is 0 Å². The molecule has 18 heavy (non-hydrogen) atoms. The quantitative estimate of drug-likeness (QED) is 0.793. The topological polar surface area (TPSA) is 23.5 Å². The predicted molar refractivity (Wildman–Crippen MR) is 70.4 cm³/mol. The number of nitrogens with zero attached hydrogens (tertiary/aromatic N) is 1. The molecule has 0 amide bonds. The maximum atomic E-state index is 9.34. The third kappa shape index (κ3) is 2.88. The maximum Gasteiger partial charge on any atom is 0.114 e. The molecule has 0 spiro atoms. The van der Waals surface area contributed by atoms with Crippen molar-refractivity contribution in [1.29, 1.82) is 0 Å². The first-order chi connectivity index (χ1) is 8.00. The number of aromatic hydroxyl groups is 1. The van der Waals surface area contributed by atoms with Crippen LogP contribution < -0.4 is 0 Å². The molecule has 1 aromatic rings. The number of rotatable bonds is 1. The monoisotopic (exact) mass is 335 g/mol. The number of phenols is 1. The molecule has 4 heteroatoms. The molecule has 91 valence electrons. The van der Waals surface area contributed by atoms with E-state index < -0.39 is 0 Å². The van der Waals surface area contributed by atoms with E-state index in [0.29, 0.717) is 5.02 Å². The van der Waals surface area contributed by atoms with E-state index in [0.717, 1.165) is 22.5 Å². The maximum absolute atomic E-state index is 9.34. The standard InChI is InChI=1S/C14H13ClNO.Y/c1-9-4-7-14(16(3)10(9)2)12-6-5-11(17)8-13(12)15;/h4-6,8,17H,2H2,1,3H3;/q-1;. The van der Waals surface area contributed by atoms with Crippen molar-refractivity contribution in [2.24, 2.45) is 0 Å². The summed E-state index contributed by atoms with van der Waals surface area (Å²) in [4.78, 5) is 1.94. The van der Waals surface area contributed by atoms with Crippen molar-refractivity contribution in [1.82, 2.24) is 4.90 Å². The van der Waals surface area contributed by atoms with Gasteiger partial charge >= 0.3 is 0 Å². The van der Waals surface area contributed by atoms with Crippen molar-refractivity contribution < 1.29 is 37.8 Å². The minimum absolute atomic E-state index is 0. The molecule has 2 rings (SSSR count). The van der Waals surface area contributed by atoms with Crippen molar-refractivity contribution in [3.8, 4) is 5.75 Å². The van der Waals surface area contributed by atoms with Crippen molar-refractivity contribution in [2.75, 3.05) is 7.05 Å². The molecule has 0 saturated carbocycles. The third-order valence-electron chi connectivity index (χ3n) is 2.83. The van der Waals surface area contributed by atoms with Gasteiger partial charge in [-0.1, -0.05) is 36.4 Å². The molecular formula is C14H13ClNOY-. The van der Waals surface area contributed by atoms with Gasteiger partial charge in [0.05, 0.1) is 0 Å². The summed E-state index contributed by atoms with van der Waals surface area (Å²) in [5, 5.41) is 9.84. The Hall–Kier alpha value is -0.566. The molecule has 0 aromatic heterocycles. The van der Waals surface area contributed by atoms with Crippen molar-refractivity contribution >= 4 is 17.3 Å². The van der Waals surface area contributed by atoms with E-state index in [1.54, 1.807) is 12.1 Å². The van der Waals surface area contributed by atoms with Crippen LogP contribution in [0.2, 0.25) is 5.02 Å². The van der Waals surface area contributed by atoms with Crippen LogP contribution in [0.5, 0.6) is 5.75 Å². The number of benzene rings is 1. The molecule has 0 bridgehead atoms. The van der Waals surface area contributed by atoms with Gasteiger partial charge in [-0.25, -0.2) is 0 Å². The second-order valence-corrected chi connectivity index (χ2v) is 4.40.